The normalized spacial score (nSPS) is 21.0. The fraction of sp³-hybridized carbons (Fsp3) is 0.250. The minimum atomic E-state index is -1.02. The predicted octanol–water partition coefficient (Wildman–Crippen LogP) is -2.35. The van der Waals surface area contributed by atoms with Crippen molar-refractivity contribution in [3.63, 3.8) is 0 Å². The topological polar surface area (TPSA) is 135 Å². The summed E-state index contributed by atoms with van der Waals surface area (Å²) in [6.07, 6.45) is -1.02. The first-order valence-corrected chi connectivity index (χ1v) is 2.94. The lowest BCUT2D eigenvalue weighted by molar-refractivity contribution is -0.120. The Labute approximate surface area is 66.7 Å². The molecule has 8 nitrogen and oxygen atoms in total. The van der Waals surface area contributed by atoms with Crippen molar-refractivity contribution < 1.29 is 9.59 Å². The third-order valence-electron chi connectivity index (χ3n) is 1.05. The Bertz CT molecular complexity index is 281. The Morgan fingerprint density at radius 1 is 1.42 bits per heavy atom. The summed E-state index contributed by atoms with van der Waals surface area (Å²) in [6, 6.07) is 0. The zero-order valence-corrected chi connectivity index (χ0v) is 5.89. The second-order valence-electron chi connectivity index (χ2n) is 1.95. The van der Waals surface area contributed by atoms with Gasteiger partial charge in [0.25, 0.3) is 17.6 Å². The van der Waals surface area contributed by atoms with E-state index in [4.69, 9.17) is 11.5 Å². The number of nitrogens with one attached hydrogen (secondary N) is 1. The molecule has 1 atom stereocenters. The standard InChI is InChI=1S/C4H6N6O2/c5-1(11)3-7-9-4(2(6)12)10-8-3/h3,7H,(H2,5,11)(H2,6,12). The van der Waals surface area contributed by atoms with Gasteiger partial charge in [0.15, 0.2) is 0 Å². The van der Waals surface area contributed by atoms with E-state index in [1.54, 1.807) is 0 Å². The van der Waals surface area contributed by atoms with Crippen molar-refractivity contribution in [2.75, 3.05) is 0 Å². The van der Waals surface area contributed by atoms with Crippen molar-refractivity contribution in [3.05, 3.63) is 0 Å². The van der Waals surface area contributed by atoms with Crippen LogP contribution in [0.3, 0.4) is 0 Å². The molecule has 0 aliphatic carbocycles. The van der Waals surface area contributed by atoms with Crippen LogP contribution in [0.4, 0.5) is 0 Å². The molecule has 1 aliphatic heterocycles. The van der Waals surface area contributed by atoms with E-state index in [-0.39, 0.29) is 5.84 Å². The number of rotatable bonds is 2. The number of carbonyl (C=O) groups is 2. The number of carbonyl (C=O) groups excluding carboxylic acids is 2. The number of nitrogens with two attached hydrogens (primary N) is 2. The molecule has 2 amide bonds. The number of azo groups is 1. The van der Waals surface area contributed by atoms with Gasteiger partial charge in [-0.05, 0) is 0 Å². The SMILES string of the molecule is NC(=O)C1=NNC(C(N)=O)N=N1. The van der Waals surface area contributed by atoms with Gasteiger partial charge in [-0.25, -0.2) is 0 Å². The number of amidine groups is 1. The average Bonchev–Trinajstić information content (AvgIpc) is 2.04. The van der Waals surface area contributed by atoms with Gasteiger partial charge in [0.05, 0.1) is 0 Å². The van der Waals surface area contributed by atoms with E-state index in [2.05, 4.69) is 20.8 Å². The molecule has 1 rings (SSSR count). The third kappa shape index (κ3) is 1.54. The van der Waals surface area contributed by atoms with Crippen LogP contribution in [0.2, 0.25) is 0 Å². The molecule has 1 aliphatic rings. The fourth-order valence-electron chi connectivity index (χ4n) is 0.508. The Morgan fingerprint density at radius 2 is 2.08 bits per heavy atom. The fourth-order valence-corrected chi connectivity index (χ4v) is 0.508. The van der Waals surface area contributed by atoms with Crippen LogP contribution in [0, 0.1) is 0 Å². The van der Waals surface area contributed by atoms with Crippen molar-refractivity contribution in [3.8, 4) is 0 Å². The summed E-state index contributed by atoms with van der Waals surface area (Å²) in [6.45, 7) is 0. The molecule has 1 unspecified atom stereocenters. The van der Waals surface area contributed by atoms with Gasteiger partial charge in [-0.15, -0.1) is 15.3 Å². The molecule has 0 saturated carbocycles. The van der Waals surface area contributed by atoms with E-state index >= 15 is 0 Å². The number of nitrogens with zero attached hydrogens (tertiary/aromatic N) is 3. The Kier molecular flexibility index (Phi) is 1.99. The first kappa shape index (κ1) is 8.11. The van der Waals surface area contributed by atoms with E-state index in [1.165, 1.54) is 0 Å². The van der Waals surface area contributed by atoms with Gasteiger partial charge in [-0.3, -0.25) is 15.0 Å². The van der Waals surface area contributed by atoms with Crippen molar-refractivity contribution in [2.24, 2.45) is 26.8 Å². The molecule has 0 radical (unpaired) electrons. The van der Waals surface area contributed by atoms with Gasteiger partial charge >= 0.3 is 0 Å². The summed E-state index contributed by atoms with van der Waals surface area (Å²) in [5.41, 5.74) is 11.9. The van der Waals surface area contributed by atoms with Crippen LogP contribution < -0.4 is 16.9 Å². The molecule has 0 aromatic carbocycles. The lowest BCUT2D eigenvalue weighted by atomic mass is 10.5. The molecule has 0 bridgehead atoms. The molecule has 0 spiro atoms. The van der Waals surface area contributed by atoms with Gasteiger partial charge in [-0.2, -0.15) is 0 Å². The molecule has 64 valence electrons. The number of hydrogen-bond acceptors (Lipinski definition) is 6. The van der Waals surface area contributed by atoms with Gasteiger partial charge < -0.3 is 11.5 Å². The molecule has 8 heteroatoms. The van der Waals surface area contributed by atoms with Crippen molar-refractivity contribution >= 4 is 17.6 Å². The van der Waals surface area contributed by atoms with Crippen LogP contribution in [0.25, 0.3) is 0 Å². The minimum absolute atomic E-state index is 0.285. The number of hydrazone groups is 1. The van der Waals surface area contributed by atoms with E-state index in [0.717, 1.165) is 0 Å². The summed E-state index contributed by atoms with van der Waals surface area (Å²) in [7, 11) is 0. The molecular weight excluding hydrogens is 164 g/mol. The molecule has 0 saturated heterocycles. The quantitative estimate of drug-likeness (QED) is 0.428. The average molecular weight is 170 g/mol. The smallest absolute Gasteiger partial charge is 0.290 e. The summed E-state index contributed by atoms with van der Waals surface area (Å²) < 4.78 is 0. The van der Waals surface area contributed by atoms with Crippen LogP contribution in [-0.2, 0) is 9.59 Å². The van der Waals surface area contributed by atoms with Crippen molar-refractivity contribution in [2.45, 2.75) is 6.17 Å². The first-order valence-electron chi connectivity index (χ1n) is 2.94. The maximum Gasteiger partial charge on any atom is 0.290 e. The van der Waals surface area contributed by atoms with E-state index in [1.807, 2.05) is 0 Å². The van der Waals surface area contributed by atoms with Gasteiger partial charge in [0, 0.05) is 0 Å². The van der Waals surface area contributed by atoms with Crippen LogP contribution in [-0.4, -0.2) is 23.8 Å². The highest BCUT2D eigenvalue weighted by molar-refractivity contribution is 6.37. The van der Waals surface area contributed by atoms with Gasteiger partial charge in [0.1, 0.15) is 0 Å². The zero-order valence-electron chi connectivity index (χ0n) is 5.89. The maximum atomic E-state index is 10.5. The largest absolute Gasteiger partial charge is 0.366 e. The van der Waals surface area contributed by atoms with Gasteiger partial charge in [0.2, 0.25) is 6.17 Å². The summed E-state index contributed by atoms with van der Waals surface area (Å²) in [4.78, 5) is 20.9. The highest BCUT2D eigenvalue weighted by Gasteiger charge is 2.18. The Hall–Kier alpha value is -1.99. The highest BCUT2D eigenvalue weighted by atomic mass is 16.2. The Morgan fingerprint density at radius 3 is 2.42 bits per heavy atom. The van der Waals surface area contributed by atoms with Crippen LogP contribution >= 0.6 is 0 Å². The van der Waals surface area contributed by atoms with E-state index < -0.39 is 18.0 Å². The van der Waals surface area contributed by atoms with Crippen LogP contribution in [0.1, 0.15) is 0 Å². The second kappa shape index (κ2) is 2.95. The lowest BCUT2D eigenvalue weighted by Gasteiger charge is -2.10. The number of amides is 2. The summed E-state index contributed by atoms with van der Waals surface area (Å²) in [5, 5.41) is 9.97. The second-order valence-corrected chi connectivity index (χ2v) is 1.95. The molecule has 12 heavy (non-hydrogen) atoms. The van der Waals surface area contributed by atoms with Gasteiger partial charge in [-0.1, -0.05) is 0 Å². The first-order chi connectivity index (χ1) is 5.61. The molecule has 1 heterocycles. The zero-order chi connectivity index (χ0) is 9.14. The van der Waals surface area contributed by atoms with Crippen molar-refractivity contribution in [1.82, 2.24) is 5.43 Å². The van der Waals surface area contributed by atoms with E-state index in [0.29, 0.717) is 0 Å². The monoisotopic (exact) mass is 170 g/mol. The number of hydrogen-bond donors (Lipinski definition) is 3. The molecule has 5 N–H and O–H groups in total. The predicted molar refractivity (Wildman–Crippen MR) is 37.6 cm³/mol. The van der Waals surface area contributed by atoms with E-state index in [9.17, 15) is 9.59 Å². The summed E-state index contributed by atoms with van der Waals surface area (Å²) in [5.74, 6) is -1.84. The summed E-state index contributed by atoms with van der Waals surface area (Å²) >= 11 is 0. The van der Waals surface area contributed by atoms with Crippen LogP contribution in [0.5, 0.6) is 0 Å². The van der Waals surface area contributed by atoms with Crippen molar-refractivity contribution in [1.29, 1.82) is 0 Å². The number of primary amides is 2. The Balaban J connectivity index is 2.68. The lowest BCUT2D eigenvalue weighted by Crippen LogP contribution is -2.40. The third-order valence-corrected chi connectivity index (χ3v) is 1.05. The molecule has 0 aromatic heterocycles. The molecular formula is C4H6N6O2. The molecule has 0 fully saturated rings. The maximum absolute atomic E-state index is 10.5. The minimum Gasteiger partial charge on any atom is -0.366 e. The molecule has 0 aromatic rings. The highest BCUT2D eigenvalue weighted by Crippen LogP contribution is 1.95. The van der Waals surface area contributed by atoms with Crippen LogP contribution in [0.15, 0.2) is 15.3 Å².